The highest BCUT2D eigenvalue weighted by molar-refractivity contribution is 5.97. The van der Waals surface area contributed by atoms with E-state index in [0.29, 0.717) is 5.56 Å². The first kappa shape index (κ1) is 16.1. The van der Waals surface area contributed by atoms with E-state index in [2.05, 4.69) is 23.6 Å². The van der Waals surface area contributed by atoms with E-state index in [0.717, 1.165) is 29.9 Å². The van der Waals surface area contributed by atoms with Crippen molar-refractivity contribution in [2.24, 2.45) is 0 Å². The van der Waals surface area contributed by atoms with E-state index in [-0.39, 0.29) is 5.97 Å². The van der Waals surface area contributed by atoms with E-state index < -0.39 is 0 Å². The first-order valence-corrected chi connectivity index (χ1v) is 8.14. The van der Waals surface area contributed by atoms with E-state index in [1.54, 1.807) is 0 Å². The van der Waals surface area contributed by atoms with Crippen molar-refractivity contribution in [3.8, 4) is 11.3 Å². The molecule has 0 spiro atoms. The molecule has 0 amide bonds. The Hall–Kier alpha value is -2.81. The number of hydrogen-bond donors (Lipinski definition) is 0. The molecule has 3 nitrogen and oxygen atoms in total. The molecular formula is C21H21NO2. The minimum atomic E-state index is -0.296. The van der Waals surface area contributed by atoms with E-state index in [1.807, 2.05) is 54.6 Å². The number of aromatic nitrogens is 1. The SMILES string of the molecule is CCc1cc(C(=O)OC)c(-c2ccccc2)n1Cc1ccccc1. The van der Waals surface area contributed by atoms with Crippen LogP contribution in [0.1, 0.15) is 28.5 Å². The van der Waals surface area contributed by atoms with E-state index in [9.17, 15) is 4.79 Å². The molecule has 0 radical (unpaired) electrons. The summed E-state index contributed by atoms with van der Waals surface area (Å²) in [5.41, 5.74) is 4.89. The predicted molar refractivity (Wildman–Crippen MR) is 96.1 cm³/mol. The van der Waals surface area contributed by atoms with Gasteiger partial charge in [-0.1, -0.05) is 67.6 Å². The Morgan fingerprint density at radius 2 is 1.62 bits per heavy atom. The lowest BCUT2D eigenvalue weighted by Gasteiger charge is -2.14. The van der Waals surface area contributed by atoms with Crippen molar-refractivity contribution in [2.75, 3.05) is 7.11 Å². The maximum absolute atomic E-state index is 12.3. The molecule has 0 unspecified atom stereocenters. The Balaban J connectivity index is 2.18. The van der Waals surface area contributed by atoms with Crippen molar-refractivity contribution < 1.29 is 9.53 Å². The van der Waals surface area contributed by atoms with Gasteiger partial charge in [-0.25, -0.2) is 4.79 Å². The number of esters is 1. The molecule has 0 aliphatic carbocycles. The van der Waals surface area contributed by atoms with Crippen LogP contribution in [0.15, 0.2) is 66.7 Å². The topological polar surface area (TPSA) is 31.2 Å². The zero-order valence-electron chi connectivity index (χ0n) is 14.0. The zero-order valence-corrected chi connectivity index (χ0v) is 14.0. The highest BCUT2D eigenvalue weighted by Crippen LogP contribution is 2.29. The Bertz CT molecular complexity index is 820. The van der Waals surface area contributed by atoms with Crippen molar-refractivity contribution in [3.05, 3.63) is 83.6 Å². The summed E-state index contributed by atoms with van der Waals surface area (Å²) in [6.07, 6.45) is 0.851. The van der Waals surface area contributed by atoms with Gasteiger partial charge in [0, 0.05) is 12.2 Å². The van der Waals surface area contributed by atoms with Gasteiger partial charge in [0.05, 0.1) is 18.4 Å². The second-order valence-corrected chi connectivity index (χ2v) is 5.68. The van der Waals surface area contributed by atoms with Gasteiger partial charge in [-0.2, -0.15) is 0 Å². The van der Waals surface area contributed by atoms with Gasteiger partial charge in [0.25, 0.3) is 0 Å². The van der Waals surface area contributed by atoms with Crippen LogP contribution in [0.3, 0.4) is 0 Å². The average molecular weight is 319 g/mol. The van der Waals surface area contributed by atoms with E-state index in [4.69, 9.17) is 4.74 Å². The normalized spacial score (nSPS) is 10.6. The van der Waals surface area contributed by atoms with Crippen LogP contribution >= 0.6 is 0 Å². The molecule has 0 atom stereocenters. The Kier molecular flexibility index (Phi) is 4.80. The maximum atomic E-state index is 12.3. The minimum absolute atomic E-state index is 0.296. The molecule has 24 heavy (non-hydrogen) atoms. The fourth-order valence-corrected chi connectivity index (χ4v) is 3.01. The molecule has 3 aromatic rings. The summed E-state index contributed by atoms with van der Waals surface area (Å²) in [4.78, 5) is 12.3. The zero-order chi connectivity index (χ0) is 16.9. The fourth-order valence-electron chi connectivity index (χ4n) is 3.01. The molecule has 1 heterocycles. The molecule has 0 N–H and O–H groups in total. The summed E-state index contributed by atoms with van der Waals surface area (Å²) in [5, 5.41) is 0. The van der Waals surface area contributed by atoms with Gasteiger partial charge in [-0.3, -0.25) is 0 Å². The van der Waals surface area contributed by atoms with Crippen molar-refractivity contribution in [1.29, 1.82) is 0 Å². The Morgan fingerprint density at radius 3 is 2.21 bits per heavy atom. The van der Waals surface area contributed by atoms with Crippen LogP contribution in [0.2, 0.25) is 0 Å². The summed E-state index contributed by atoms with van der Waals surface area (Å²) in [6, 6.07) is 22.3. The second kappa shape index (κ2) is 7.18. The molecule has 3 heteroatoms. The summed E-state index contributed by atoms with van der Waals surface area (Å²) >= 11 is 0. The largest absolute Gasteiger partial charge is 0.465 e. The number of nitrogens with zero attached hydrogens (tertiary/aromatic N) is 1. The lowest BCUT2D eigenvalue weighted by molar-refractivity contribution is 0.0601. The highest BCUT2D eigenvalue weighted by atomic mass is 16.5. The third-order valence-corrected chi connectivity index (χ3v) is 4.18. The molecule has 1 aromatic heterocycles. The first-order valence-electron chi connectivity index (χ1n) is 8.14. The Labute approximate surface area is 142 Å². The number of benzene rings is 2. The lowest BCUT2D eigenvalue weighted by atomic mass is 10.1. The van der Waals surface area contributed by atoms with Gasteiger partial charge in [0.1, 0.15) is 0 Å². The van der Waals surface area contributed by atoms with Crippen molar-refractivity contribution in [3.63, 3.8) is 0 Å². The second-order valence-electron chi connectivity index (χ2n) is 5.68. The smallest absolute Gasteiger partial charge is 0.340 e. The summed E-state index contributed by atoms with van der Waals surface area (Å²) in [6.45, 7) is 2.83. The van der Waals surface area contributed by atoms with Crippen molar-refractivity contribution in [2.45, 2.75) is 19.9 Å². The number of carbonyl (C=O) groups is 1. The van der Waals surface area contributed by atoms with Gasteiger partial charge in [0.2, 0.25) is 0 Å². The van der Waals surface area contributed by atoms with Crippen LogP contribution in [-0.2, 0) is 17.7 Å². The Morgan fingerprint density at radius 1 is 1.00 bits per heavy atom. The molecule has 0 aliphatic heterocycles. The fraction of sp³-hybridized carbons (Fsp3) is 0.190. The molecular weight excluding hydrogens is 298 g/mol. The minimum Gasteiger partial charge on any atom is -0.465 e. The van der Waals surface area contributed by atoms with Gasteiger partial charge in [0.15, 0.2) is 0 Å². The maximum Gasteiger partial charge on any atom is 0.340 e. The number of aryl methyl sites for hydroxylation is 1. The standard InChI is InChI=1S/C21H21NO2/c1-3-18-14-19(21(23)24-2)20(17-12-8-5-9-13-17)22(18)15-16-10-6-4-7-11-16/h4-14H,3,15H2,1-2H3. The van der Waals surface area contributed by atoms with Gasteiger partial charge < -0.3 is 9.30 Å². The number of carbonyl (C=O) groups excluding carboxylic acids is 1. The summed E-state index contributed by atoms with van der Waals surface area (Å²) in [7, 11) is 1.43. The quantitative estimate of drug-likeness (QED) is 0.646. The van der Waals surface area contributed by atoms with Crippen molar-refractivity contribution >= 4 is 5.97 Å². The first-order chi connectivity index (χ1) is 11.7. The molecule has 2 aromatic carbocycles. The number of methoxy groups -OCH3 is 1. The molecule has 0 saturated heterocycles. The van der Waals surface area contributed by atoms with Crippen LogP contribution in [0.5, 0.6) is 0 Å². The predicted octanol–water partition coefficient (Wildman–Crippen LogP) is 4.55. The molecule has 3 rings (SSSR count). The third kappa shape index (κ3) is 3.11. The molecule has 0 bridgehead atoms. The van der Waals surface area contributed by atoms with Crippen LogP contribution in [0.25, 0.3) is 11.3 Å². The van der Waals surface area contributed by atoms with Gasteiger partial charge in [-0.05, 0) is 23.6 Å². The van der Waals surface area contributed by atoms with Crippen LogP contribution < -0.4 is 0 Å². The number of ether oxygens (including phenoxy) is 1. The molecule has 0 saturated carbocycles. The molecule has 122 valence electrons. The molecule has 0 fully saturated rings. The number of hydrogen-bond acceptors (Lipinski definition) is 2. The number of rotatable bonds is 5. The van der Waals surface area contributed by atoms with E-state index in [1.165, 1.54) is 12.7 Å². The van der Waals surface area contributed by atoms with Crippen LogP contribution in [-0.4, -0.2) is 17.6 Å². The van der Waals surface area contributed by atoms with Crippen molar-refractivity contribution in [1.82, 2.24) is 4.57 Å². The monoisotopic (exact) mass is 319 g/mol. The molecule has 0 aliphatic rings. The lowest BCUT2D eigenvalue weighted by Crippen LogP contribution is -2.08. The average Bonchev–Trinajstić information content (AvgIpc) is 3.01. The summed E-state index contributed by atoms with van der Waals surface area (Å²) in [5.74, 6) is -0.296. The van der Waals surface area contributed by atoms with Gasteiger partial charge in [-0.15, -0.1) is 0 Å². The summed E-state index contributed by atoms with van der Waals surface area (Å²) < 4.78 is 7.23. The van der Waals surface area contributed by atoms with Crippen LogP contribution in [0.4, 0.5) is 0 Å². The van der Waals surface area contributed by atoms with E-state index >= 15 is 0 Å². The third-order valence-electron chi connectivity index (χ3n) is 4.18. The highest BCUT2D eigenvalue weighted by Gasteiger charge is 2.21. The van der Waals surface area contributed by atoms with Gasteiger partial charge >= 0.3 is 5.97 Å². The van der Waals surface area contributed by atoms with Crippen LogP contribution in [0, 0.1) is 0 Å².